The number of ether oxygens (including phenoxy) is 1. The van der Waals surface area contributed by atoms with Crippen molar-refractivity contribution in [2.24, 2.45) is 0 Å². The summed E-state index contributed by atoms with van der Waals surface area (Å²) in [4.78, 5) is 1.89. The lowest BCUT2D eigenvalue weighted by atomic mass is 10.2. The highest BCUT2D eigenvalue weighted by molar-refractivity contribution is 7.80. The van der Waals surface area contributed by atoms with Crippen LogP contribution in [0.4, 0.5) is 11.4 Å². The number of methoxy groups -OCH3 is 1. The maximum Gasteiger partial charge on any atom is 0.177 e. The Labute approximate surface area is 133 Å². The quantitative estimate of drug-likeness (QED) is 0.745. The van der Waals surface area contributed by atoms with E-state index in [1.807, 2.05) is 54.4 Å². The Bertz CT molecular complexity index is 799. The zero-order chi connectivity index (χ0) is 15.5. The molecule has 22 heavy (non-hydrogen) atoms. The average Bonchev–Trinajstić information content (AvgIpc) is 3.02. The third-order valence-electron chi connectivity index (χ3n) is 3.38. The van der Waals surface area contributed by atoms with E-state index in [0.717, 1.165) is 28.0 Å². The van der Waals surface area contributed by atoms with E-state index in [0.29, 0.717) is 5.11 Å². The fraction of sp³-hybridized carbons (Fsp3) is 0.125. The summed E-state index contributed by atoms with van der Waals surface area (Å²) in [6.07, 6.45) is 1.61. The first-order valence-electron chi connectivity index (χ1n) is 6.70. The molecule has 0 fully saturated rings. The van der Waals surface area contributed by atoms with Crippen molar-refractivity contribution in [1.29, 1.82) is 0 Å². The number of benzene rings is 2. The standard InChI is InChI=1S/C16H15N3O2S/c1-19(13-5-7-14(20-2)8-6-13)16(22)17-12-4-3-11-10-21-18-15(11)9-12/h3-10H,1-2H3,(H,17,22). The van der Waals surface area contributed by atoms with Crippen molar-refractivity contribution in [3.8, 4) is 5.75 Å². The van der Waals surface area contributed by atoms with E-state index < -0.39 is 0 Å². The van der Waals surface area contributed by atoms with Gasteiger partial charge < -0.3 is 19.5 Å². The molecular formula is C16H15N3O2S. The first kappa shape index (κ1) is 14.3. The van der Waals surface area contributed by atoms with Crippen LogP contribution in [-0.2, 0) is 0 Å². The predicted molar refractivity (Wildman–Crippen MR) is 91.6 cm³/mol. The Kier molecular flexibility index (Phi) is 3.93. The molecule has 6 heteroatoms. The molecule has 0 radical (unpaired) electrons. The zero-order valence-electron chi connectivity index (χ0n) is 12.2. The molecule has 0 atom stereocenters. The Morgan fingerprint density at radius 3 is 2.73 bits per heavy atom. The molecule has 1 aromatic heterocycles. The van der Waals surface area contributed by atoms with E-state index in [-0.39, 0.29) is 0 Å². The number of fused-ring (bicyclic) bond motifs is 1. The predicted octanol–water partition coefficient (Wildman–Crippen LogP) is 3.67. The molecule has 0 aliphatic carbocycles. The largest absolute Gasteiger partial charge is 0.497 e. The Balaban J connectivity index is 1.74. The second kappa shape index (κ2) is 6.03. The number of hydrogen-bond acceptors (Lipinski definition) is 4. The third-order valence-corrected chi connectivity index (χ3v) is 3.75. The maximum atomic E-state index is 5.44. The molecule has 3 rings (SSSR count). The summed E-state index contributed by atoms with van der Waals surface area (Å²) in [5.74, 6) is 0.813. The zero-order valence-corrected chi connectivity index (χ0v) is 13.1. The summed E-state index contributed by atoms with van der Waals surface area (Å²) in [7, 11) is 3.55. The molecule has 3 aromatic rings. The van der Waals surface area contributed by atoms with Crippen molar-refractivity contribution in [2.45, 2.75) is 0 Å². The van der Waals surface area contributed by atoms with Crippen LogP contribution in [0.1, 0.15) is 0 Å². The lowest BCUT2D eigenvalue weighted by Crippen LogP contribution is -2.30. The molecule has 2 aromatic carbocycles. The van der Waals surface area contributed by atoms with Gasteiger partial charge in [0.15, 0.2) is 5.11 Å². The van der Waals surface area contributed by atoms with Crippen LogP contribution in [0.15, 0.2) is 53.3 Å². The summed E-state index contributed by atoms with van der Waals surface area (Å²) in [5.41, 5.74) is 2.63. The molecule has 0 saturated heterocycles. The average molecular weight is 313 g/mol. The van der Waals surface area contributed by atoms with E-state index >= 15 is 0 Å². The van der Waals surface area contributed by atoms with Crippen LogP contribution in [0.3, 0.4) is 0 Å². The van der Waals surface area contributed by atoms with Gasteiger partial charge in [-0.2, -0.15) is 0 Å². The van der Waals surface area contributed by atoms with Crippen molar-refractivity contribution in [2.75, 3.05) is 24.4 Å². The van der Waals surface area contributed by atoms with Crippen molar-refractivity contribution < 1.29 is 9.26 Å². The van der Waals surface area contributed by atoms with Gasteiger partial charge in [0.05, 0.1) is 7.11 Å². The van der Waals surface area contributed by atoms with Gasteiger partial charge in [0.1, 0.15) is 17.5 Å². The van der Waals surface area contributed by atoms with Crippen LogP contribution in [0.25, 0.3) is 10.9 Å². The highest BCUT2D eigenvalue weighted by atomic mass is 32.1. The highest BCUT2D eigenvalue weighted by Crippen LogP contribution is 2.21. The maximum absolute atomic E-state index is 5.44. The smallest absolute Gasteiger partial charge is 0.177 e. The van der Waals surface area contributed by atoms with Crippen molar-refractivity contribution in [1.82, 2.24) is 5.16 Å². The van der Waals surface area contributed by atoms with Crippen molar-refractivity contribution in [3.05, 3.63) is 48.7 Å². The van der Waals surface area contributed by atoms with Gasteiger partial charge in [-0.15, -0.1) is 0 Å². The van der Waals surface area contributed by atoms with Gasteiger partial charge in [-0.3, -0.25) is 0 Å². The molecule has 0 saturated carbocycles. The lowest BCUT2D eigenvalue weighted by molar-refractivity contribution is 0.415. The van der Waals surface area contributed by atoms with Crippen LogP contribution in [0.5, 0.6) is 5.75 Å². The Morgan fingerprint density at radius 1 is 1.23 bits per heavy atom. The SMILES string of the molecule is COc1ccc(N(C)C(=S)Nc2ccc3conc3c2)cc1. The Morgan fingerprint density at radius 2 is 2.00 bits per heavy atom. The lowest BCUT2D eigenvalue weighted by Gasteiger charge is -2.21. The van der Waals surface area contributed by atoms with Crippen molar-refractivity contribution >= 4 is 39.6 Å². The number of nitrogens with one attached hydrogen (secondary N) is 1. The van der Waals surface area contributed by atoms with Gasteiger partial charge in [-0.25, -0.2) is 0 Å². The molecule has 5 nitrogen and oxygen atoms in total. The first-order valence-corrected chi connectivity index (χ1v) is 7.11. The van der Waals surface area contributed by atoms with Gasteiger partial charge in [-0.05, 0) is 54.7 Å². The molecule has 0 aliphatic rings. The minimum Gasteiger partial charge on any atom is -0.497 e. The number of thiocarbonyl (C=S) groups is 1. The molecule has 0 aliphatic heterocycles. The number of hydrogen-bond donors (Lipinski definition) is 1. The summed E-state index contributed by atoms with van der Waals surface area (Å²) in [6, 6.07) is 13.5. The van der Waals surface area contributed by atoms with Gasteiger partial charge >= 0.3 is 0 Å². The fourth-order valence-electron chi connectivity index (χ4n) is 2.07. The molecular weight excluding hydrogens is 298 g/mol. The molecule has 0 spiro atoms. The minimum absolute atomic E-state index is 0.591. The monoisotopic (exact) mass is 313 g/mol. The van der Waals surface area contributed by atoms with Gasteiger partial charge in [0.25, 0.3) is 0 Å². The Hall–Kier alpha value is -2.60. The molecule has 0 unspecified atom stereocenters. The second-order valence-electron chi connectivity index (χ2n) is 4.78. The summed E-state index contributed by atoms with van der Waals surface area (Å²) in [5, 5.41) is 8.67. The highest BCUT2D eigenvalue weighted by Gasteiger charge is 2.08. The van der Waals surface area contributed by atoms with E-state index in [1.165, 1.54) is 0 Å². The normalized spacial score (nSPS) is 10.5. The first-order chi connectivity index (χ1) is 10.7. The van der Waals surface area contributed by atoms with Gasteiger partial charge in [0, 0.05) is 23.8 Å². The van der Waals surface area contributed by atoms with Crippen LogP contribution in [0, 0.1) is 0 Å². The third kappa shape index (κ3) is 2.87. The van der Waals surface area contributed by atoms with Crippen molar-refractivity contribution in [3.63, 3.8) is 0 Å². The van der Waals surface area contributed by atoms with Crippen LogP contribution < -0.4 is 15.0 Å². The number of rotatable bonds is 3. The summed E-state index contributed by atoms with van der Waals surface area (Å²) >= 11 is 5.44. The number of anilines is 2. The minimum atomic E-state index is 0.591. The van der Waals surface area contributed by atoms with Crippen LogP contribution >= 0.6 is 12.2 Å². The van der Waals surface area contributed by atoms with E-state index in [9.17, 15) is 0 Å². The van der Waals surface area contributed by atoms with Gasteiger partial charge in [0.2, 0.25) is 0 Å². The topological polar surface area (TPSA) is 50.5 Å². The van der Waals surface area contributed by atoms with Crippen LogP contribution in [-0.4, -0.2) is 24.4 Å². The fourth-order valence-corrected chi connectivity index (χ4v) is 2.29. The summed E-state index contributed by atoms with van der Waals surface area (Å²) < 4.78 is 10.1. The summed E-state index contributed by atoms with van der Waals surface area (Å²) in [6.45, 7) is 0. The van der Waals surface area contributed by atoms with Gasteiger partial charge in [-0.1, -0.05) is 5.16 Å². The van der Waals surface area contributed by atoms with Crippen LogP contribution in [0.2, 0.25) is 0 Å². The molecule has 0 amide bonds. The van der Waals surface area contributed by atoms with E-state index in [2.05, 4.69) is 10.5 Å². The molecule has 0 bridgehead atoms. The van der Waals surface area contributed by atoms with E-state index in [4.69, 9.17) is 21.5 Å². The molecule has 112 valence electrons. The number of aromatic nitrogens is 1. The molecule has 1 heterocycles. The molecule has 1 N–H and O–H groups in total. The van der Waals surface area contributed by atoms with E-state index in [1.54, 1.807) is 13.4 Å². The number of nitrogens with zero attached hydrogens (tertiary/aromatic N) is 2. The second-order valence-corrected chi connectivity index (χ2v) is 5.16.